The third-order valence-corrected chi connectivity index (χ3v) is 5.83. The maximum Gasteiger partial charge on any atom is 0.295 e. The number of ketones is 1. The molecule has 0 spiro atoms. The Labute approximate surface area is 201 Å². The lowest BCUT2D eigenvalue weighted by Crippen LogP contribution is -2.32. The van der Waals surface area contributed by atoms with Crippen LogP contribution in [0.2, 0.25) is 0 Å². The number of aliphatic hydroxyl groups is 1. The van der Waals surface area contributed by atoms with Gasteiger partial charge in [-0.3, -0.25) is 9.59 Å². The quantitative estimate of drug-likeness (QED) is 0.231. The fraction of sp³-hybridized carbons (Fsp3) is 0.407. The molecule has 1 heterocycles. The van der Waals surface area contributed by atoms with Gasteiger partial charge in [0.2, 0.25) is 0 Å². The number of hydrogen-bond donors (Lipinski definition) is 1. The zero-order valence-electron chi connectivity index (χ0n) is 20.4. The van der Waals surface area contributed by atoms with Crippen LogP contribution in [-0.2, 0) is 9.59 Å². The Bertz CT molecular complexity index is 1050. The normalized spacial score (nSPS) is 17.4. The van der Waals surface area contributed by atoms with Crippen LogP contribution >= 0.6 is 0 Å². The number of amides is 1. The first-order valence-electron chi connectivity index (χ1n) is 11.7. The van der Waals surface area contributed by atoms with Gasteiger partial charge in [0, 0.05) is 12.1 Å². The van der Waals surface area contributed by atoms with Crippen LogP contribution in [-0.4, -0.2) is 67.5 Å². The van der Waals surface area contributed by atoms with Crippen LogP contribution in [0.15, 0.2) is 54.1 Å². The summed E-state index contributed by atoms with van der Waals surface area (Å²) in [7, 11) is 5.49. The zero-order chi connectivity index (χ0) is 24.7. The van der Waals surface area contributed by atoms with Gasteiger partial charge < -0.3 is 24.4 Å². The van der Waals surface area contributed by atoms with E-state index in [1.54, 1.807) is 42.3 Å². The summed E-state index contributed by atoms with van der Waals surface area (Å²) in [4.78, 5) is 29.8. The van der Waals surface area contributed by atoms with Crippen molar-refractivity contribution < 1.29 is 24.2 Å². The fourth-order valence-electron chi connectivity index (χ4n) is 4.05. The van der Waals surface area contributed by atoms with Crippen molar-refractivity contribution in [2.24, 2.45) is 0 Å². The van der Waals surface area contributed by atoms with Crippen LogP contribution in [0, 0.1) is 0 Å². The summed E-state index contributed by atoms with van der Waals surface area (Å²) in [5, 5.41) is 11.3. The number of likely N-dealkylation sites (tertiary alicyclic amines) is 1. The lowest BCUT2D eigenvalue weighted by molar-refractivity contribution is -0.139. The van der Waals surface area contributed by atoms with E-state index in [0.29, 0.717) is 42.2 Å². The van der Waals surface area contributed by atoms with Crippen LogP contribution in [0.25, 0.3) is 5.76 Å². The molecule has 1 N–H and O–H groups in total. The second-order valence-electron chi connectivity index (χ2n) is 8.66. The number of aliphatic hydroxyl groups excluding tert-OH is 1. The molecule has 7 heteroatoms. The number of ether oxygens (including phenoxy) is 2. The topological polar surface area (TPSA) is 79.3 Å². The molecule has 1 aliphatic heterocycles. The molecule has 0 bridgehead atoms. The Morgan fingerprint density at radius 3 is 2.50 bits per heavy atom. The summed E-state index contributed by atoms with van der Waals surface area (Å²) in [6.45, 7) is 3.81. The molecule has 1 atom stereocenters. The molecule has 1 fully saturated rings. The lowest BCUT2D eigenvalue weighted by Gasteiger charge is -2.26. The van der Waals surface area contributed by atoms with Gasteiger partial charge in [-0.2, -0.15) is 0 Å². The smallest absolute Gasteiger partial charge is 0.295 e. The Kier molecular flexibility index (Phi) is 8.71. The number of carbonyl (C=O) groups excluding carboxylic acids is 2. The number of Topliss-reactive ketones (excluding diaryl/α,β-unsaturated/α-hetero) is 1. The molecule has 0 aliphatic carbocycles. The molecule has 2 aromatic rings. The highest BCUT2D eigenvalue weighted by molar-refractivity contribution is 6.46. The van der Waals surface area contributed by atoms with Gasteiger partial charge in [-0.15, -0.1) is 0 Å². The van der Waals surface area contributed by atoms with E-state index >= 15 is 0 Å². The molecule has 1 amide bonds. The largest absolute Gasteiger partial charge is 0.507 e. The van der Waals surface area contributed by atoms with Gasteiger partial charge in [-0.05, 0) is 63.3 Å². The first-order valence-corrected chi connectivity index (χ1v) is 11.7. The molecule has 182 valence electrons. The molecule has 1 saturated heterocycles. The van der Waals surface area contributed by atoms with E-state index in [-0.39, 0.29) is 11.3 Å². The number of carbonyl (C=O) groups is 2. The van der Waals surface area contributed by atoms with Gasteiger partial charge in [0.1, 0.15) is 17.3 Å². The first kappa shape index (κ1) is 25.3. The molecule has 0 radical (unpaired) electrons. The number of unbranched alkanes of at least 4 members (excludes halogenated alkanes) is 1. The summed E-state index contributed by atoms with van der Waals surface area (Å²) < 4.78 is 11.1. The van der Waals surface area contributed by atoms with Crippen LogP contribution < -0.4 is 9.47 Å². The van der Waals surface area contributed by atoms with Gasteiger partial charge >= 0.3 is 0 Å². The Morgan fingerprint density at radius 2 is 1.79 bits per heavy atom. The van der Waals surface area contributed by atoms with E-state index in [2.05, 4.69) is 6.92 Å². The zero-order valence-corrected chi connectivity index (χ0v) is 20.4. The second-order valence-corrected chi connectivity index (χ2v) is 8.66. The summed E-state index contributed by atoms with van der Waals surface area (Å²) in [5.41, 5.74) is 1.22. The molecule has 1 aliphatic rings. The lowest BCUT2D eigenvalue weighted by atomic mass is 9.95. The van der Waals surface area contributed by atoms with Crippen molar-refractivity contribution in [3.63, 3.8) is 0 Å². The molecule has 2 aromatic carbocycles. The van der Waals surface area contributed by atoms with Crippen molar-refractivity contribution in [3.8, 4) is 11.5 Å². The van der Waals surface area contributed by atoms with Gasteiger partial charge in [0.25, 0.3) is 11.7 Å². The summed E-state index contributed by atoms with van der Waals surface area (Å²) >= 11 is 0. The minimum absolute atomic E-state index is 0.0776. The average Bonchev–Trinajstić information content (AvgIpc) is 3.09. The van der Waals surface area contributed by atoms with Crippen LogP contribution in [0.1, 0.15) is 43.4 Å². The highest BCUT2D eigenvalue weighted by Crippen LogP contribution is 2.40. The molecule has 34 heavy (non-hydrogen) atoms. The highest BCUT2D eigenvalue weighted by Gasteiger charge is 2.45. The van der Waals surface area contributed by atoms with Crippen molar-refractivity contribution in [2.75, 3.05) is 40.9 Å². The summed E-state index contributed by atoms with van der Waals surface area (Å²) in [6.07, 6.45) is 2.63. The van der Waals surface area contributed by atoms with Crippen LogP contribution in [0.4, 0.5) is 0 Å². The Morgan fingerprint density at radius 1 is 1.06 bits per heavy atom. The predicted molar refractivity (Wildman–Crippen MR) is 132 cm³/mol. The minimum Gasteiger partial charge on any atom is -0.507 e. The van der Waals surface area contributed by atoms with Crippen molar-refractivity contribution in [1.82, 2.24) is 9.80 Å². The van der Waals surface area contributed by atoms with E-state index in [0.717, 1.165) is 19.4 Å². The number of rotatable bonds is 11. The molecule has 0 saturated carbocycles. The van der Waals surface area contributed by atoms with Gasteiger partial charge in [-0.25, -0.2) is 0 Å². The number of benzene rings is 2. The van der Waals surface area contributed by atoms with Gasteiger partial charge in [-0.1, -0.05) is 37.6 Å². The fourth-order valence-corrected chi connectivity index (χ4v) is 4.05. The van der Waals surface area contributed by atoms with E-state index in [4.69, 9.17) is 9.47 Å². The summed E-state index contributed by atoms with van der Waals surface area (Å²) in [6, 6.07) is 13.5. The van der Waals surface area contributed by atoms with Crippen molar-refractivity contribution in [3.05, 3.63) is 65.2 Å². The maximum absolute atomic E-state index is 13.2. The molecule has 7 nitrogen and oxygen atoms in total. The number of nitrogens with zero attached hydrogens (tertiary/aromatic N) is 2. The Hall–Kier alpha value is -3.32. The van der Waals surface area contributed by atoms with E-state index in [1.807, 2.05) is 37.2 Å². The van der Waals surface area contributed by atoms with Crippen molar-refractivity contribution in [1.29, 1.82) is 0 Å². The first-order chi connectivity index (χ1) is 16.4. The van der Waals surface area contributed by atoms with Crippen LogP contribution in [0.3, 0.4) is 0 Å². The molecule has 0 aromatic heterocycles. The Balaban J connectivity index is 2.05. The number of methoxy groups -OCH3 is 1. The number of hydrogen-bond acceptors (Lipinski definition) is 6. The monoisotopic (exact) mass is 466 g/mol. The van der Waals surface area contributed by atoms with Gasteiger partial charge in [0.15, 0.2) is 0 Å². The molecule has 1 unspecified atom stereocenters. The average molecular weight is 467 g/mol. The SMILES string of the molecule is CCCCOc1cccc(/C(O)=C2\C(=O)C(=O)N(CCCN(C)C)C2c2cccc(OC)c2)c1. The molecular formula is C27H34N2O5. The predicted octanol–water partition coefficient (Wildman–Crippen LogP) is 4.25. The van der Waals surface area contributed by atoms with Crippen LogP contribution in [0.5, 0.6) is 11.5 Å². The van der Waals surface area contributed by atoms with E-state index in [1.165, 1.54) is 0 Å². The van der Waals surface area contributed by atoms with E-state index in [9.17, 15) is 14.7 Å². The molecular weight excluding hydrogens is 432 g/mol. The third-order valence-electron chi connectivity index (χ3n) is 5.83. The highest BCUT2D eigenvalue weighted by atomic mass is 16.5. The molecule has 3 rings (SSSR count). The maximum atomic E-state index is 13.2. The van der Waals surface area contributed by atoms with Crippen molar-refractivity contribution in [2.45, 2.75) is 32.2 Å². The second kappa shape index (κ2) is 11.7. The third kappa shape index (κ3) is 5.78. The standard InChI is InChI=1S/C27H34N2O5/c1-5-6-16-34-22-13-8-11-20(18-22)25(30)23-24(19-10-7-12-21(17-19)33-4)29(27(32)26(23)31)15-9-14-28(2)3/h7-8,10-13,17-18,24,30H,5-6,9,14-16H2,1-4H3/b25-23+. The van der Waals surface area contributed by atoms with Gasteiger partial charge in [0.05, 0.1) is 25.3 Å². The minimum atomic E-state index is -0.707. The van der Waals surface area contributed by atoms with Crippen molar-refractivity contribution >= 4 is 17.4 Å². The summed E-state index contributed by atoms with van der Waals surface area (Å²) in [5.74, 6) is -0.281. The van der Waals surface area contributed by atoms with E-state index < -0.39 is 17.7 Å².